The van der Waals surface area contributed by atoms with E-state index < -0.39 is 0 Å². The van der Waals surface area contributed by atoms with Crippen LogP contribution in [-0.4, -0.2) is 21.6 Å². The minimum absolute atomic E-state index is 0.0817. The molecule has 2 amide bonds. The van der Waals surface area contributed by atoms with Crippen LogP contribution in [0.4, 0.5) is 5.82 Å². The third kappa shape index (κ3) is 3.23. The molecule has 3 heterocycles. The smallest absolute Gasteiger partial charge is 0.251 e. The van der Waals surface area contributed by atoms with E-state index in [0.29, 0.717) is 37.4 Å². The number of carbonyl (C=O) groups excluding carboxylic acids is 2. The van der Waals surface area contributed by atoms with Gasteiger partial charge in [0.2, 0.25) is 5.91 Å². The van der Waals surface area contributed by atoms with Crippen LogP contribution in [0.15, 0.2) is 59.3 Å². The van der Waals surface area contributed by atoms with Crippen LogP contribution in [0.25, 0.3) is 0 Å². The molecule has 1 aromatic carbocycles. The molecule has 26 heavy (non-hydrogen) atoms. The zero-order chi connectivity index (χ0) is 17.9. The lowest BCUT2D eigenvalue weighted by Gasteiger charge is -2.27. The molecule has 0 atom stereocenters. The Morgan fingerprint density at radius 3 is 2.81 bits per heavy atom. The molecule has 0 bridgehead atoms. The maximum absolute atomic E-state index is 12.2. The molecular formula is C19H18N4O3. The Kier molecular flexibility index (Phi) is 4.27. The zero-order valence-corrected chi connectivity index (χ0v) is 14.1. The van der Waals surface area contributed by atoms with Gasteiger partial charge in [-0.1, -0.05) is 12.1 Å². The molecule has 2 aromatic heterocycles. The number of nitrogens with one attached hydrogen (secondary N) is 1. The highest BCUT2D eigenvalue weighted by Crippen LogP contribution is 2.23. The first kappa shape index (κ1) is 16.1. The lowest BCUT2D eigenvalue weighted by atomic mass is 10.1. The second kappa shape index (κ2) is 6.87. The Hall–Kier alpha value is -3.35. The maximum atomic E-state index is 12.2. The third-order valence-corrected chi connectivity index (χ3v) is 4.37. The van der Waals surface area contributed by atoms with Gasteiger partial charge in [0.15, 0.2) is 0 Å². The SMILES string of the molecule is O=C(NCc1ccco1)c1ccc(CN2C(=O)CCn3nccc32)cc1. The molecular weight excluding hydrogens is 332 g/mol. The fourth-order valence-corrected chi connectivity index (χ4v) is 2.99. The fraction of sp³-hybridized carbons (Fsp3) is 0.211. The second-order valence-electron chi connectivity index (χ2n) is 6.10. The number of rotatable bonds is 5. The van der Waals surface area contributed by atoms with Crippen LogP contribution in [0.5, 0.6) is 0 Å². The van der Waals surface area contributed by atoms with E-state index >= 15 is 0 Å². The highest BCUT2D eigenvalue weighted by atomic mass is 16.3. The first-order valence-electron chi connectivity index (χ1n) is 8.42. The van der Waals surface area contributed by atoms with Crippen molar-refractivity contribution in [2.45, 2.75) is 26.1 Å². The van der Waals surface area contributed by atoms with Gasteiger partial charge in [-0.05, 0) is 29.8 Å². The van der Waals surface area contributed by atoms with E-state index in [1.807, 2.05) is 28.9 Å². The summed E-state index contributed by atoms with van der Waals surface area (Å²) in [6.07, 6.45) is 3.72. The summed E-state index contributed by atoms with van der Waals surface area (Å²) >= 11 is 0. The number of furan rings is 1. The Morgan fingerprint density at radius 1 is 1.19 bits per heavy atom. The van der Waals surface area contributed by atoms with Crippen LogP contribution in [0.2, 0.25) is 0 Å². The number of fused-ring (bicyclic) bond motifs is 1. The second-order valence-corrected chi connectivity index (χ2v) is 6.10. The minimum atomic E-state index is -0.167. The van der Waals surface area contributed by atoms with Crippen molar-refractivity contribution < 1.29 is 14.0 Å². The van der Waals surface area contributed by atoms with Crippen molar-refractivity contribution in [2.75, 3.05) is 4.90 Å². The van der Waals surface area contributed by atoms with E-state index in [0.717, 1.165) is 11.4 Å². The third-order valence-electron chi connectivity index (χ3n) is 4.37. The Labute approximate surface area is 150 Å². The first-order valence-corrected chi connectivity index (χ1v) is 8.42. The number of aryl methyl sites for hydroxylation is 1. The van der Waals surface area contributed by atoms with Crippen molar-refractivity contribution in [1.29, 1.82) is 0 Å². The zero-order valence-electron chi connectivity index (χ0n) is 14.1. The van der Waals surface area contributed by atoms with E-state index in [4.69, 9.17) is 4.42 Å². The number of benzene rings is 1. The molecule has 0 aliphatic carbocycles. The van der Waals surface area contributed by atoms with Crippen molar-refractivity contribution in [3.8, 4) is 0 Å². The van der Waals surface area contributed by atoms with Crippen LogP contribution in [-0.2, 0) is 24.4 Å². The predicted octanol–water partition coefficient (Wildman–Crippen LogP) is 2.34. The molecule has 0 unspecified atom stereocenters. The minimum Gasteiger partial charge on any atom is -0.467 e. The molecule has 0 radical (unpaired) electrons. The van der Waals surface area contributed by atoms with Crippen molar-refractivity contribution in [1.82, 2.24) is 15.1 Å². The average molecular weight is 350 g/mol. The van der Waals surface area contributed by atoms with Crippen LogP contribution >= 0.6 is 0 Å². The molecule has 1 N–H and O–H groups in total. The van der Waals surface area contributed by atoms with Crippen molar-refractivity contribution in [2.24, 2.45) is 0 Å². The van der Waals surface area contributed by atoms with E-state index in [2.05, 4.69) is 10.4 Å². The molecule has 0 fully saturated rings. The number of aromatic nitrogens is 2. The van der Waals surface area contributed by atoms with Gasteiger partial charge < -0.3 is 9.73 Å². The number of anilines is 1. The molecule has 0 saturated heterocycles. The standard InChI is InChI=1S/C19H18N4O3/c24-18-8-10-23-17(7-9-21-23)22(18)13-14-3-5-15(6-4-14)19(25)20-12-16-2-1-11-26-16/h1-7,9,11H,8,10,12-13H2,(H,20,25). The van der Waals surface area contributed by atoms with E-state index in [-0.39, 0.29) is 11.8 Å². The summed E-state index contributed by atoms with van der Waals surface area (Å²) in [6, 6.07) is 12.7. The van der Waals surface area contributed by atoms with E-state index in [1.165, 1.54) is 0 Å². The molecule has 1 aliphatic rings. The monoisotopic (exact) mass is 350 g/mol. The Bertz CT molecular complexity index is 913. The van der Waals surface area contributed by atoms with Gasteiger partial charge >= 0.3 is 0 Å². The molecule has 0 spiro atoms. The number of hydrogen-bond donors (Lipinski definition) is 1. The summed E-state index contributed by atoms with van der Waals surface area (Å²) in [5.41, 5.74) is 1.52. The molecule has 132 valence electrons. The van der Waals surface area contributed by atoms with Gasteiger partial charge in [-0.2, -0.15) is 5.10 Å². The van der Waals surface area contributed by atoms with Crippen molar-refractivity contribution in [3.63, 3.8) is 0 Å². The van der Waals surface area contributed by atoms with Gasteiger partial charge in [0.05, 0.1) is 32.1 Å². The molecule has 4 rings (SSSR count). The highest BCUT2D eigenvalue weighted by molar-refractivity contribution is 5.94. The van der Waals surface area contributed by atoms with Crippen molar-refractivity contribution in [3.05, 3.63) is 71.8 Å². The summed E-state index contributed by atoms with van der Waals surface area (Å²) < 4.78 is 7.03. The lowest BCUT2D eigenvalue weighted by Crippen LogP contribution is -2.36. The topological polar surface area (TPSA) is 80.4 Å². The summed E-state index contributed by atoms with van der Waals surface area (Å²) in [4.78, 5) is 26.2. The first-order chi connectivity index (χ1) is 12.7. The summed E-state index contributed by atoms with van der Waals surface area (Å²) in [7, 11) is 0. The molecule has 0 saturated carbocycles. The van der Waals surface area contributed by atoms with Gasteiger partial charge in [0.25, 0.3) is 5.91 Å². The largest absolute Gasteiger partial charge is 0.467 e. The molecule has 3 aromatic rings. The molecule has 7 nitrogen and oxygen atoms in total. The lowest BCUT2D eigenvalue weighted by molar-refractivity contribution is -0.119. The van der Waals surface area contributed by atoms with Gasteiger partial charge in [-0.25, -0.2) is 4.68 Å². The summed E-state index contributed by atoms with van der Waals surface area (Å²) in [6.45, 7) is 1.42. The number of nitrogens with zero attached hydrogens (tertiary/aromatic N) is 3. The van der Waals surface area contributed by atoms with Gasteiger partial charge in [-0.15, -0.1) is 0 Å². The van der Waals surface area contributed by atoms with Crippen LogP contribution < -0.4 is 10.2 Å². The van der Waals surface area contributed by atoms with Crippen molar-refractivity contribution >= 4 is 17.6 Å². The number of carbonyl (C=O) groups is 2. The summed E-state index contributed by atoms with van der Waals surface area (Å²) in [5, 5.41) is 7.03. The number of hydrogen-bond acceptors (Lipinski definition) is 4. The maximum Gasteiger partial charge on any atom is 0.251 e. The van der Waals surface area contributed by atoms with E-state index in [9.17, 15) is 9.59 Å². The van der Waals surface area contributed by atoms with Crippen LogP contribution in [0.1, 0.15) is 28.1 Å². The number of amides is 2. The average Bonchev–Trinajstić information content (AvgIpc) is 3.34. The van der Waals surface area contributed by atoms with Gasteiger partial charge in [-0.3, -0.25) is 14.5 Å². The van der Waals surface area contributed by atoms with E-state index in [1.54, 1.807) is 35.6 Å². The molecule has 7 heteroatoms. The summed E-state index contributed by atoms with van der Waals surface area (Å²) in [5.74, 6) is 1.43. The Morgan fingerprint density at radius 2 is 2.04 bits per heavy atom. The normalized spacial score (nSPS) is 13.5. The van der Waals surface area contributed by atoms with Crippen LogP contribution in [0, 0.1) is 0 Å². The highest BCUT2D eigenvalue weighted by Gasteiger charge is 2.24. The molecule has 1 aliphatic heterocycles. The van der Waals surface area contributed by atoms with Crippen LogP contribution in [0.3, 0.4) is 0 Å². The quantitative estimate of drug-likeness (QED) is 0.766. The predicted molar refractivity (Wildman–Crippen MR) is 94.4 cm³/mol. The van der Waals surface area contributed by atoms with Gasteiger partial charge in [0, 0.05) is 18.1 Å². The fourth-order valence-electron chi connectivity index (χ4n) is 2.99. The van der Waals surface area contributed by atoms with Gasteiger partial charge in [0.1, 0.15) is 11.6 Å². The Balaban J connectivity index is 1.42.